The SMILES string of the molecule is O=C(O)COCC1CCCc2ccccc21. The van der Waals surface area contributed by atoms with Gasteiger partial charge < -0.3 is 9.84 Å². The molecule has 1 aliphatic carbocycles. The molecule has 2 rings (SSSR count). The van der Waals surface area contributed by atoms with Gasteiger partial charge in [0.25, 0.3) is 0 Å². The average Bonchev–Trinajstić information content (AvgIpc) is 2.29. The number of aryl methyl sites for hydroxylation is 1. The third-order valence-electron chi connectivity index (χ3n) is 3.04. The first-order valence-electron chi connectivity index (χ1n) is 5.64. The van der Waals surface area contributed by atoms with Gasteiger partial charge in [0, 0.05) is 5.92 Å². The fourth-order valence-electron chi connectivity index (χ4n) is 2.32. The molecular formula is C13H16O3. The first-order chi connectivity index (χ1) is 7.77. The van der Waals surface area contributed by atoms with Crippen molar-refractivity contribution < 1.29 is 14.6 Å². The molecule has 0 heterocycles. The van der Waals surface area contributed by atoms with Crippen LogP contribution in [-0.2, 0) is 16.0 Å². The monoisotopic (exact) mass is 220 g/mol. The molecule has 1 atom stereocenters. The van der Waals surface area contributed by atoms with E-state index in [1.165, 1.54) is 11.1 Å². The van der Waals surface area contributed by atoms with Gasteiger partial charge in [-0.3, -0.25) is 0 Å². The summed E-state index contributed by atoms with van der Waals surface area (Å²) in [6.07, 6.45) is 3.39. The molecule has 0 aliphatic heterocycles. The molecule has 1 N–H and O–H groups in total. The zero-order valence-corrected chi connectivity index (χ0v) is 9.19. The fraction of sp³-hybridized carbons (Fsp3) is 0.462. The molecule has 86 valence electrons. The number of ether oxygens (including phenoxy) is 1. The Labute approximate surface area is 95.0 Å². The molecule has 0 saturated carbocycles. The second-order valence-electron chi connectivity index (χ2n) is 4.20. The summed E-state index contributed by atoms with van der Waals surface area (Å²) in [7, 11) is 0. The number of hydrogen-bond donors (Lipinski definition) is 1. The maximum absolute atomic E-state index is 10.4. The van der Waals surface area contributed by atoms with Crippen LogP contribution in [0, 0.1) is 0 Å². The molecule has 0 spiro atoms. The molecule has 0 bridgehead atoms. The lowest BCUT2D eigenvalue weighted by atomic mass is 9.83. The molecule has 0 fully saturated rings. The van der Waals surface area contributed by atoms with Gasteiger partial charge in [-0.25, -0.2) is 4.79 Å². The zero-order valence-electron chi connectivity index (χ0n) is 9.19. The third kappa shape index (κ3) is 2.61. The lowest BCUT2D eigenvalue weighted by Crippen LogP contribution is -2.17. The molecular weight excluding hydrogens is 204 g/mol. The van der Waals surface area contributed by atoms with Gasteiger partial charge in [-0.05, 0) is 30.4 Å². The molecule has 0 saturated heterocycles. The number of carboxylic acids is 1. The predicted molar refractivity (Wildman–Crippen MR) is 60.6 cm³/mol. The largest absolute Gasteiger partial charge is 0.480 e. The standard InChI is InChI=1S/C13H16O3/c14-13(15)9-16-8-11-6-3-5-10-4-1-2-7-12(10)11/h1-2,4,7,11H,3,5-6,8-9H2,(H,14,15). The lowest BCUT2D eigenvalue weighted by Gasteiger charge is -2.24. The quantitative estimate of drug-likeness (QED) is 0.846. The van der Waals surface area contributed by atoms with Crippen LogP contribution in [0.25, 0.3) is 0 Å². The highest BCUT2D eigenvalue weighted by Crippen LogP contribution is 2.31. The Morgan fingerprint density at radius 3 is 3.06 bits per heavy atom. The van der Waals surface area contributed by atoms with Crippen LogP contribution < -0.4 is 0 Å². The minimum absolute atomic E-state index is 0.196. The molecule has 1 aliphatic rings. The summed E-state index contributed by atoms with van der Waals surface area (Å²) in [5, 5.41) is 8.51. The Kier molecular flexibility index (Phi) is 3.57. The van der Waals surface area contributed by atoms with Gasteiger partial charge in [0.2, 0.25) is 0 Å². The van der Waals surface area contributed by atoms with Gasteiger partial charge >= 0.3 is 5.97 Å². The number of rotatable bonds is 4. The summed E-state index contributed by atoms with van der Waals surface area (Å²) in [6.45, 7) is 0.321. The Morgan fingerprint density at radius 1 is 1.44 bits per heavy atom. The number of fused-ring (bicyclic) bond motifs is 1. The van der Waals surface area contributed by atoms with Gasteiger partial charge in [0.05, 0.1) is 6.61 Å². The summed E-state index contributed by atoms with van der Waals surface area (Å²) in [6, 6.07) is 8.37. The van der Waals surface area contributed by atoms with Gasteiger partial charge in [-0.1, -0.05) is 24.3 Å². The molecule has 1 aromatic carbocycles. The number of carboxylic acid groups (broad SMARTS) is 1. The second-order valence-corrected chi connectivity index (χ2v) is 4.20. The van der Waals surface area contributed by atoms with Crippen LogP contribution >= 0.6 is 0 Å². The van der Waals surface area contributed by atoms with Crippen LogP contribution in [0.1, 0.15) is 29.9 Å². The van der Waals surface area contributed by atoms with Crippen molar-refractivity contribution in [3.63, 3.8) is 0 Å². The van der Waals surface area contributed by atoms with Gasteiger partial charge in [0.15, 0.2) is 0 Å². The molecule has 3 heteroatoms. The Morgan fingerprint density at radius 2 is 2.25 bits per heavy atom. The Hall–Kier alpha value is -1.35. The summed E-state index contributed by atoms with van der Waals surface area (Å²) in [4.78, 5) is 10.4. The van der Waals surface area contributed by atoms with Gasteiger partial charge in [0.1, 0.15) is 6.61 Å². The smallest absolute Gasteiger partial charge is 0.329 e. The average molecular weight is 220 g/mol. The highest BCUT2D eigenvalue weighted by atomic mass is 16.5. The molecule has 0 aromatic heterocycles. The van der Waals surface area contributed by atoms with Crippen LogP contribution in [0.2, 0.25) is 0 Å². The zero-order chi connectivity index (χ0) is 11.4. The minimum atomic E-state index is -0.899. The van der Waals surface area contributed by atoms with E-state index < -0.39 is 5.97 Å². The summed E-state index contributed by atoms with van der Waals surface area (Å²) in [5.41, 5.74) is 2.72. The topological polar surface area (TPSA) is 46.5 Å². The second kappa shape index (κ2) is 5.12. The van der Waals surface area contributed by atoms with E-state index in [1.54, 1.807) is 0 Å². The van der Waals surface area contributed by atoms with Crippen LogP contribution in [0.4, 0.5) is 0 Å². The fourth-order valence-corrected chi connectivity index (χ4v) is 2.32. The Bertz CT molecular complexity index is 373. The normalized spacial score (nSPS) is 19.1. The number of benzene rings is 1. The van der Waals surface area contributed by atoms with Crippen molar-refractivity contribution in [2.45, 2.75) is 25.2 Å². The number of aliphatic carboxylic acids is 1. The maximum atomic E-state index is 10.4. The van der Waals surface area contributed by atoms with E-state index in [9.17, 15) is 4.79 Å². The summed E-state index contributed by atoms with van der Waals surface area (Å²) < 4.78 is 5.19. The van der Waals surface area contributed by atoms with E-state index in [-0.39, 0.29) is 6.61 Å². The third-order valence-corrected chi connectivity index (χ3v) is 3.04. The molecule has 3 nitrogen and oxygen atoms in total. The molecule has 1 aromatic rings. The number of carbonyl (C=O) groups is 1. The van der Waals surface area contributed by atoms with Crippen molar-refractivity contribution in [1.82, 2.24) is 0 Å². The molecule has 16 heavy (non-hydrogen) atoms. The minimum Gasteiger partial charge on any atom is -0.480 e. The summed E-state index contributed by atoms with van der Waals surface area (Å²) >= 11 is 0. The highest BCUT2D eigenvalue weighted by molar-refractivity contribution is 5.68. The van der Waals surface area contributed by atoms with Crippen molar-refractivity contribution in [3.05, 3.63) is 35.4 Å². The van der Waals surface area contributed by atoms with Crippen LogP contribution in [-0.4, -0.2) is 24.3 Å². The van der Waals surface area contributed by atoms with Crippen LogP contribution in [0.5, 0.6) is 0 Å². The van der Waals surface area contributed by atoms with E-state index in [4.69, 9.17) is 9.84 Å². The maximum Gasteiger partial charge on any atom is 0.329 e. The first-order valence-corrected chi connectivity index (χ1v) is 5.64. The van der Waals surface area contributed by atoms with Crippen molar-refractivity contribution >= 4 is 5.97 Å². The van der Waals surface area contributed by atoms with E-state index >= 15 is 0 Å². The van der Waals surface area contributed by atoms with Crippen molar-refractivity contribution in [3.8, 4) is 0 Å². The molecule has 0 radical (unpaired) electrons. The van der Waals surface area contributed by atoms with E-state index in [2.05, 4.69) is 18.2 Å². The van der Waals surface area contributed by atoms with E-state index in [0.717, 1.165) is 19.3 Å². The first kappa shape index (κ1) is 11.1. The van der Waals surface area contributed by atoms with E-state index in [0.29, 0.717) is 12.5 Å². The summed E-state index contributed by atoms with van der Waals surface area (Å²) in [5.74, 6) is -0.534. The Balaban J connectivity index is 1.99. The van der Waals surface area contributed by atoms with Gasteiger partial charge in [-0.15, -0.1) is 0 Å². The predicted octanol–water partition coefficient (Wildman–Crippen LogP) is 2.21. The van der Waals surface area contributed by atoms with Crippen molar-refractivity contribution in [1.29, 1.82) is 0 Å². The van der Waals surface area contributed by atoms with Gasteiger partial charge in [-0.2, -0.15) is 0 Å². The lowest BCUT2D eigenvalue weighted by molar-refractivity contribution is -0.142. The molecule has 0 amide bonds. The number of hydrogen-bond acceptors (Lipinski definition) is 2. The van der Waals surface area contributed by atoms with Crippen molar-refractivity contribution in [2.24, 2.45) is 0 Å². The molecule has 1 unspecified atom stereocenters. The van der Waals surface area contributed by atoms with Crippen molar-refractivity contribution in [2.75, 3.05) is 13.2 Å². The van der Waals surface area contributed by atoms with E-state index in [1.807, 2.05) is 6.07 Å². The van der Waals surface area contributed by atoms with Crippen LogP contribution in [0.3, 0.4) is 0 Å². The highest BCUT2D eigenvalue weighted by Gasteiger charge is 2.19. The van der Waals surface area contributed by atoms with Crippen LogP contribution in [0.15, 0.2) is 24.3 Å².